The van der Waals surface area contributed by atoms with Gasteiger partial charge < -0.3 is 19.9 Å². The molecule has 0 saturated carbocycles. The topological polar surface area (TPSA) is 63.6 Å². The maximum Gasteiger partial charge on any atom is 0.162 e. The van der Waals surface area contributed by atoms with Crippen LogP contribution in [0.15, 0.2) is 36.5 Å². The Hall–Kier alpha value is -2.79. The number of rotatable bonds is 8. The van der Waals surface area contributed by atoms with Crippen molar-refractivity contribution < 1.29 is 14.6 Å². The minimum Gasteiger partial charge on any atom is -0.493 e. The Morgan fingerprint density at radius 2 is 1.71 bits per heavy atom. The Labute approximate surface area is 166 Å². The molecule has 1 heterocycles. The first kappa shape index (κ1) is 20.0. The fourth-order valence-electron chi connectivity index (χ4n) is 3.45. The summed E-state index contributed by atoms with van der Waals surface area (Å²) in [6.45, 7) is 5.22. The van der Waals surface area contributed by atoms with Crippen LogP contribution >= 0.6 is 0 Å². The van der Waals surface area contributed by atoms with Crippen molar-refractivity contribution in [2.45, 2.75) is 26.7 Å². The van der Waals surface area contributed by atoms with Crippen LogP contribution in [0.25, 0.3) is 10.9 Å². The molecule has 0 radical (unpaired) electrons. The van der Waals surface area contributed by atoms with Crippen LogP contribution in [-0.4, -0.2) is 37.5 Å². The molecule has 0 bridgehead atoms. The number of pyridine rings is 1. The van der Waals surface area contributed by atoms with Gasteiger partial charge in [-0.3, -0.25) is 4.98 Å². The molecule has 3 rings (SSSR count). The highest BCUT2D eigenvalue weighted by molar-refractivity contribution is 5.86. The van der Waals surface area contributed by atoms with Crippen LogP contribution in [0.3, 0.4) is 0 Å². The average molecular weight is 380 g/mol. The molecule has 2 N–H and O–H groups in total. The number of methoxy groups -OCH3 is 2. The molecule has 2 aromatic carbocycles. The molecule has 0 aliphatic heterocycles. The van der Waals surface area contributed by atoms with Crippen LogP contribution in [0.5, 0.6) is 11.5 Å². The zero-order chi connectivity index (χ0) is 20.1. The lowest BCUT2D eigenvalue weighted by molar-refractivity contribution is 0.292. The third-order valence-electron chi connectivity index (χ3n) is 5.05. The molecule has 0 spiro atoms. The summed E-state index contributed by atoms with van der Waals surface area (Å²) >= 11 is 0. The minimum atomic E-state index is 0.201. The van der Waals surface area contributed by atoms with E-state index in [0.717, 1.165) is 36.0 Å². The average Bonchev–Trinajstić information content (AvgIpc) is 2.70. The Bertz CT molecular complexity index is 970. The summed E-state index contributed by atoms with van der Waals surface area (Å²) in [5.74, 6) is 1.39. The third kappa shape index (κ3) is 4.20. The van der Waals surface area contributed by atoms with Crippen LogP contribution < -0.4 is 14.8 Å². The van der Waals surface area contributed by atoms with E-state index in [1.54, 1.807) is 14.2 Å². The number of anilines is 1. The van der Waals surface area contributed by atoms with E-state index >= 15 is 0 Å². The second kappa shape index (κ2) is 8.93. The summed E-state index contributed by atoms with van der Waals surface area (Å²) in [5, 5.41) is 13.4. The first-order valence-corrected chi connectivity index (χ1v) is 9.51. The molecule has 28 heavy (non-hydrogen) atoms. The number of hydrogen-bond acceptors (Lipinski definition) is 5. The maximum atomic E-state index is 8.97. The van der Waals surface area contributed by atoms with E-state index in [0.29, 0.717) is 11.5 Å². The third-order valence-corrected chi connectivity index (χ3v) is 5.05. The van der Waals surface area contributed by atoms with Gasteiger partial charge in [0.15, 0.2) is 11.5 Å². The van der Waals surface area contributed by atoms with Crippen molar-refractivity contribution in [1.82, 2.24) is 4.98 Å². The summed E-state index contributed by atoms with van der Waals surface area (Å²) in [6, 6.07) is 10.4. The summed E-state index contributed by atoms with van der Waals surface area (Å²) < 4.78 is 10.9. The SMILES string of the molecule is COc1cc2nccc(Cc3cc(C)c(NCCCO)cc3C)c2cc1OC. The molecule has 0 unspecified atom stereocenters. The second-order valence-electron chi connectivity index (χ2n) is 6.97. The van der Waals surface area contributed by atoms with Gasteiger partial charge in [-0.25, -0.2) is 0 Å². The molecule has 0 aliphatic rings. The molecular formula is C23H28N2O3. The molecule has 5 nitrogen and oxygen atoms in total. The number of nitrogens with zero attached hydrogens (tertiary/aromatic N) is 1. The number of aliphatic hydroxyl groups is 1. The van der Waals surface area contributed by atoms with Crippen molar-refractivity contribution in [3.8, 4) is 11.5 Å². The number of ether oxygens (including phenoxy) is 2. The van der Waals surface area contributed by atoms with Crippen molar-refractivity contribution in [2.24, 2.45) is 0 Å². The fraction of sp³-hybridized carbons (Fsp3) is 0.348. The minimum absolute atomic E-state index is 0.201. The highest BCUT2D eigenvalue weighted by atomic mass is 16.5. The summed E-state index contributed by atoms with van der Waals surface area (Å²) in [6.07, 6.45) is 3.41. The van der Waals surface area contributed by atoms with Crippen molar-refractivity contribution >= 4 is 16.6 Å². The van der Waals surface area contributed by atoms with Crippen molar-refractivity contribution in [3.63, 3.8) is 0 Å². The van der Waals surface area contributed by atoms with E-state index in [2.05, 4.69) is 42.3 Å². The largest absolute Gasteiger partial charge is 0.493 e. The zero-order valence-electron chi connectivity index (χ0n) is 17.0. The number of fused-ring (bicyclic) bond motifs is 1. The monoisotopic (exact) mass is 380 g/mol. The van der Waals surface area contributed by atoms with Crippen LogP contribution in [0.1, 0.15) is 28.7 Å². The van der Waals surface area contributed by atoms with Gasteiger partial charge in [0.05, 0.1) is 19.7 Å². The molecule has 0 fully saturated rings. The fourth-order valence-corrected chi connectivity index (χ4v) is 3.45. The van der Waals surface area contributed by atoms with Crippen LogP contribution in [0.2, 0.25) is 0 Å². The Balaban J connectivity index is 1.95. The Kier molecular flexibility index (Phi) is 6.37. The maximum absolute atomic E-state index is 8.97. The smallest absolute Gasteiger partial charge is 0.162 e. The molecule has 1 aromatic heterocycles. The van der Waals surface area contributed by atoms with Gasteiger partial charge in [0.2, 0.25) is 0 Å². The summed E-state index contributed by atoms with van der Waals surface area (Å²) in [7, 11) is 3.28. The van der Waals surface area contributed by atoms with Gasteiger partial charge in [-0.05, 0) is 67.1 Å². The van der Waals surface area contributed by atoms with Gasteiger partial charge in [0, 0.05) is 36.5 Å². The van der Waals surface area contributed by atoms with Crippen LogP contribution in [0.4, 0.5) is 5.69 Å². The molecule has 0 saturated heterocycles. The van der Waals surface area contributed by atoms with Gasteiger partial charge in [0.1, 0.15) is 0 Å². The number of aromatic nitrogens is 1. The molecule has 148 valence electrons. The lowest BCUT2D eigenvalue weighted by Crippen LogP contribution is -2.06. The van der Waals surface area contributed by atoms with Gasteiger partial charge in [-0.1, -0.05) is 6.07 Å². The number of aryl methyl sites for hydroxylation is 2. The van der Waals surface area contributed by atoms with E-state index in [4.69, 9.17) is 14.6 Å². The Morgan fingerprint density at radius 1 is 0.964 bits per heavy atom. The van der Waals surface area contributed by atoms with Gasteiger partial charge >= 0.3 is 0 Å². The van der Waals surface area contributed by atoms with Crippen LogP contribution in [-0.2, 0) is 6.42 Å². The molecule has 0 aliphatic carbocycles. The van der Waals surface area contributed by atoms with E-state index in [9.17, 15) is 0 Å². The number of hydrogen-bond donors (Lipinski definition) is 2. The van der Waals surface area contributed by atoms with Gasteiger partial charge in [-0.15, -0.1) is 0 Å². The first-order valence-electron chi connectivity index (χ1n) is 9.51. The number of benzene rings is 2. The normalized spacial score (nSPS) is 10.9. The molecule has 5 heteroatoms. The molecule has 0 amide bonds. The van der Waals surface area contributed by atoms with E-state index in [1.165, 1.54) is 22.3 Å². The van der Waals surface area contributed by atoms with Gasteiger partial charge in [0.25, 0.3) is 0 Å². The highest BCUT2D eigenvalue weighted by Gasteiger charge is 2.12. The summed E-state index contributed by atoms with van der Waals surface area (Å²) in [4.78, 5) is 4.50. The summed E-state index contributed by atoms with van der Waals surface area (Å²) in [5.41, 5.74) is 6.95. The lowest BCUT2D eigenvalue weighted by atomic mass is 9.95. The van der Waals surface area contributed by atoms with E-state index < -0.39 is 0 Å². The molecule has 3 aromatic rings. The van der Waals surface area contributed by atoms with Gasteiger partial charge in [-0.2, -0.15) is 0 Å². The second-order valence-corrected chi connectivity index (χ2v) is 6.97. The van der Waals surface area contributed by atoms with Crippen molar-refractivity contribution in [1.29, 1.82) is 0 Å². The lowest BCUT2D eigenvalue weighted by Gasteiger charge is -2.15. The number of nitrogens with one attached hydrogen (secondary N) is 1. The highest BCUT2D eigenvalue weighted by Crippen LogP contribution is 2.34. The van der Waals surface area contributed by atoms with Crippen molar-refractivity contribution in [3.05, 3.63) is 58.8 Å². The quantitative estimate of drug-likeness (QED) is 0.572. The predicted octanol–water partition coefficient (Wildman–Crippen LogP) is 4.25. The van der Waals surface area contributed by atoms with E-state index in [1.807, 2.05) is 18.3 Å². The molecular weight excluding hydrogens is 352 g/mol. The zero-order valence-corrected chi connectivity index (χ0v) is 17.0. The molecule has 0 atom stereocenters. The predicted molar refractivity (Wildman–Crippen MR) is 114 cm³/mol. The van der Waals surface area contributed by atoms with E-state index in [-0.39, 0.29) is 6.61 Å². The first-order chi connectivity index (χ1) is 13.6. The van der Waals surface area contributed by atoms with Crippen LogP contribution in [0, 0.1) is 13.8 Å². The standard InChI is InChI=1S/C23H28N2O3/c1-15-11-20(24-7-5-9-26)16(2)10-18(15)12-17-6-8-25-21-14-23(28-4)22(27-3)13-19(17)21/h6,8,10-11,13-14,24,26H,5,7,9,12H2,1-4H3. The number of aliphatic hydroxyl groups excluding tert-OH is 1. The Morgan fingerprint density at radius 3 is 2.43 bits per heavy atom. The van der Waals surface area contributed by atoms with Crippen molar-refractivity contribution in [2.75, 3.05) is 32.7 Å².